The van der Waals surface area contributed by atoms with Gasteiger partial charge in [-0.15, -0.1) is 6.58 Å². The zero-order valence-electron chi connectivity index (χ0n) is 11.6. The van der Waals surface area contributed by atoms with Gasteiger partial charge in [0.05, 0.1) is 6.61 Å². The quantitative estimate of drug-likeness (QED) is 0.568. The number of nitrogens with one attached hydrogen (secondary N) is 1. The largest absolute Gasteiger partial charge is 0.477 e. The van der Waals surface area contributed by atoms with Gasteiger partial charge in [-0.05, 0) is 26.8 Å². The standard InChI is InChI=1S/C14H23N3O/c1-5-7-15-9-13-10-16-12(4)17-14(13)18-8-6-11(2)3/h10,15H,2,5-9H2,1,3-4H3. The lowest BCUT2D eigenvalue weighted by atomic mass is 10.2. The van der Waals surface area contributed by atoms with E-state index in [1.165, 1.54) is 0 Å². The zero-order valence-corrected chi connectivity index (χ0v) is 11.6. The van der Waals surface area contributed by atoms with Crippen LogP contribution in [-0.2, 0) is 6.54 Å². The molecule has 0 saturated heterocycles. The minimum atomic E-state index is 0.618. The van der Waals surface area contributed by atoms with Crippen molar-refractivity contribution in [3.05, 3.63) is 29.7 Å². The topological polar surface area (TPSA) is 47.0 Å². The molecule has 1 aromatic rings. The number of rotatable bonds is 8. The monoisotopic (exact) mass is 249 g/mol. The molecule has 0 radical (unpaired) electrons. The Hall–Kier alpha value is -1.42. The van der Waals surface area contributed by atoms with Gasteiger partial charge < -0.3 is 10.1 Å². The molecule has 1 aromatic heterocycles. The van der Waals surface area contributed by atoms with Gasteiger partial charge in [0.25, 0.3) is 0 Å². The van der Waals surface area contributed by atoms with Gasteiger partial charge in [-0.1, -0.05) is 12.5 Å². The van der Waals surface area contributed by atoms with Gasteiger partial charge in [-0.3, -0.25) is 0 Å². The van der Waals surface area contributed by atoms with Gasteiger partial charge >= 0.3 is 0 Å². The smallest absolute Gasteiger partial charge is 0.221 e. The first-order valence-electron chi connectivity index (χ1n) is 6.44. The molecule has 0 aliphatic heterocycles. The molecule has 1 heterocycles. The van der Waals surface area contributed by atoms with Gasteiger partial charge in [0.1, 0.15) is 5.82 Å². The van der Waals surface area contributed by atoms with Crippen LogP contribution in [0.4, 0.5) is 0 Å². The van der Waals surface area contributed by atoms with Crippen LogP contribution in [-0.4, -0.2) is 23.1 Å². The van der Waals surface area contributed by atoms with Crippen LogP contribution in [0.15, 0.2) is 18.3 Å². The van der Waals surface area contributed by atoms with Crippen LogP contribution < -0.4 is 10.1 Å². The van der Waals surface area contributed by atoms with Crippen molar-refractivity contribution < 1.29 is 4.74 Å². The molecule has 1 rings (SSSR count). The van der Waals surface area contributed by atoms with E-state index in [9.17, 15) is 0 Å². The van der Waals surface area contributed by atoms with E-state index in [0.717, 1.165) is 42.9 Å². The highest BCUT2D eigenvalue weighted by atomic mass is 16.5. The minimum absolute atomic E-state index is 0.618. The second-order valence-electron chi connectivity index (χ2n) is 4.48. The molecular formula is C14H23N3O. The Morgan fingerprint density at radius 2 is 2.28 bits per heavy atom. The molecule has 1 N–H and O–H groups in total. The van der Waals surface area contributed by atoms with E-state index in [1.807, 2.05) is 20.0 Å². The van der Waals surface area contributed by atoms with Crippen LogP contribution in [0.25, 0.3) is 0 Å². The Labute approximate surface area is 109 Å². The van der Waals surface area contributed by atoms with Crippen molar-refractivity contribution in [3.8, 4) is 5.88 Å². The summed E-state index contributed by atoms with van der Waals surface area (Å²) in [5.74, 6) is 1.42. The van der Waals surface area contributed by atoms with Gasteiger partial charge in [0.15, 0.2) is 0 Å². The highest BCUT2D eigenvalue weighted by molar-refractivity contribution is 5.23. The van der Waals surface area contributed by atoms with Crippen LogP contribution in [0.2, 0.25) is 0 Å². The average molecular weight is 249 g/mol. The second-order valence-corrected chi connectivity index (χ2v) is 4.48. The molecule has 100 valence electrons. The third-order valence-electron chi connectivity index (χ3n) is 2.46. The van der Waals surface area contributed by atoms with Gasteiger partial charge in [-0.2, -0.15) is 4.98 Å². The molecule has 0 aliphatic rings. The van der Waals surface area contributed by atoms with Crippen LogP contribution in [0, 0.1) is 6.92 Å². The summed E-state index contributed by atoms with van der Waals surface area (Å²) in [5, 5.41) is 3.33. The summed E-state index contributed by atoms with van der Waals surface area (Å²) < 4.78 is 5.71. The van der Waals surface area contributed by atoms with E-state index >= 15 is 0 Å². The van der Waals surface area contributed by atoms with E-state index in [-0.39, 0.29) is 0 Å². The van der Waals surface area contributed by atoms with E-state index in [2.05, 4.69) is 28.8 Å². The van der Waals surface area contributed by atoms with Crippen molar-refractivity contribution in [1.82, 2.24) is 15.3 Å². The van der Waals surface area contributed by atoms with Gasteiger partial charge in [-0.25, -0.2) is 4.98 Å². The molecule has 0 aromatic carbocycles. The van der Waals surface area contributed by atoms with E-state index in [0.29, 0.717) is 12.5 Å². The summed E-state index contributed by atoms with van der Waals surface area (Å²) in [6.07, 6.45) is 3.80. The molecule has 4 heteroatoms. The van der Waals surface area contributed by atoms with Gasteiger partial charge in [0, 0.05) is 24.7 Å². The highest BCUT2D eigenvalue weighted by Crippen LogP contribution is 2.15. The molecule has 0 fully saturated rings. The van der Waals surface area contributed by atoms with Crippen molar-refractivity contribution in [2.24, 2.45) is 0 Å². The zero-order chi connectivity index (χ0) is 13.4. The Kier molecular flexibility index (Phi) is 6.36. The van der Waals surface area contributed by atoms with Gasteiger partial charge in [0.2, 0.25) is 5.88 Å². The Morgan fingerprint density at radius 3 is 2.94 bits per heavy atom. The summed E-state index contributed by atoms with van der Waals surface area (Å²) in [7, 11) is 0. The van der Waals surface area contributed by atoms with E-state index < -0.39 is 0 Å². The van der Waals surface area contributed by atoms with Crippen molar-refractivity contribution in [1.29, 1.82) is 0 Å². The fourth-order valence-corrected chi connectivity index (χ4v) is 1.44. The molecule has 0 atom stereocenters. The lowest BCUT2D eigenvalue weighted by molar-refractivity contribution is 0.303. The van der Waals surface area contributed by atoms with Crippen LogP contribution in [0.3, 0.4) is 0 Å². The van der Waals surface area contributed by atoms with Crippen molar-refractivity contribution in [2.45, 2.75) is 40.2 Å². The Balaban J connectivity index is 2.61. The van der Waals surface area contributed by atoms with Crippen molar-refractivity contribution in [2.75, 3.05) is 13.2 Å². The summed E-state index contributed by atoms with van der Waals surface area (Å²) in [4.78, 5) is 8.56. The number of aryl methyl sites for hydroxylation is 1. The first-order chi connectivity index (χ1) is 8.63. The predicted octanol–water partition coefficient (Wildman–Crippen LogP) is 2.63. The fraction of sp³-hybridized carbons (Fsp3) is 0.571. The first kappa shape index (κ1) is 14.6. The SMILES string of the molecule is C=C(C)CCOc1nc(C)ncc1CNCCC. The number of hydrogen-bond donors (Lipinski definition) is 1. The summed E-state index contributed by atoms with van der Waals surface area (Å²) >= 11 is 0. The molecule has 0 amide bonds. The van der Waals surface area contributed by atoms with E-state index in [1.54, 1.807) is 0 Å². The molecule has 0 bridgehead atoms. The first-order valence-corrected chi connectivity index (χ1v) is 6.44. The maximum Gasteiger partial charge on any atom is 0.221 e. The molecule has 0 unspecified atom stereocenters. The molecule has 0 saturated carbocycles. The van der Waals surface area contributed by atoms with E-state index in [4.69, 9.17) is 4.74 Å². The minimum Gasteiger partial charge on any atom is -0.477 e. The maximum atomic E-state index is 5.71. The van der Waals surface area contributed by atoms with Crippen LogP contribution in [0.1, 0.15) is 38.1 Å². The van der Waals surface area contributed by atoms with Crippen molar-refractivity contribution in [3.63, 3.8) is 0 Å². The third-order valence-corrected chi connectivity index (χ3v) is 2.46. The Bertz CT molecular complexity index is 391. The molecule has 0 spiro atoms. The number of aromatic nitrogens is 2. The number of ether oxygens (including phenoxy) is 1. The van der Waals surface area contributed by atoms with Crippen molar-refractivity contribution >= 4 is 0 Å². The normalized spacial score (nSPS) is 10.4. The molecule has 4 nitrogen and oxygen atoms in total. The number of nitrogens with zero attached hydrogens (tertiary/aromatic N) is 2. The molecule has 18 heavy (non-hydrogen) atoms. The third kappa shape index (κ3) is 5.27. The summed E-state index contributed by atoms with van der Waals surface area (Å²) in [6, 6.07) is 0. The maximum absolute atomic E-state index is 5.71. The second kappa shape index (κ2) is 7.82. The lowest BCUT2D eigenvalue weighted by Gasteiger charge is -2.11. The van der Waals surface area contributed by atoms with Crippen LogP contribution in [0.5, 0.6) is 5.88 Å². The lowest BCUT2D eigenvalue weighted by Crippen LogP contribution is -2.16. The fourth-order valence-electron chi connectivity index (χ4n) is 1.44. The summed E-state index contributed by atoms with van der Waals surface area (Å²) in [6.45, 7) is 12.2. The average Bonchev–Trinajstić information content (AvgIpc) is 2.31. The predicted molar refractivity (Wildman–Crippen MR) is 73.7 cm³/mol. The highest BCUT2D eigenvalue weighted by Gasteiger charge is 2.06. The molecule has 0 aliphatic carbocycles. The molecular weight excluding hydrogens is 226 g/mol. The van der Waals surface area contributed by atoms with Crippen LogP contribution >= 0.6 is 0 Å². The summed E-state index contributed by atoms with van der Waals surface area (Å²) in [5.41, 5.74) is 2.13. The Morgan fingerprint density at radius 1 is 1.50 bits per heavy atom. The number of hydrogen-bond acceptors (Lipinski definition) is 4.